The summed E-state index contributed by atoms with van der Waals surface area (Å²) >= 11 is 0. The van der Waals surface area contributed by atoms with Crippen LogP contribution in [0.3, 0.4) is 0 Å². The molecule has 0 spiro atoms. The molecule has 7 heteroatoms. The molecule has 3 aromatic rings. The molecule has 1 aliphatic rings. The minimum absolute atomic E-state index is 0.154. The Balaban J connectivity index is 1.43. The molecule has 1 amide bonds. The van der Waals surface area contributed by atoms with Gasteiger partial charge in [-0.15, -0.1) is 5.10 Å². The summed E-state index contributed by atoms with van der Waals surface area (Å²) in [5.41, 5.74) is 4.02. The van der Waals surface area contributed by atoms with Crippen molar-refractivity contribution in [2.75, 3.05) is 6.54 Å². The number of nitrogens with zero attached hydrogens (tertiary/aromatic N) is 3. The van der Waals surface area contributed by atoms with Crippen molar-refractivity contribution in [1.82, 2.24) is 20.3 Å². The Hall–Kier alpha value is -2.93. The molecule has 0 saturated heterocycles. The summed E-state index contributed by atoms with van der Waals surface area (Å²) < 4.78 is 12.8. The monoisotopic (exact) mass is 338 g/mol. The van der Waals surface area contributed by atoms with Gasteiger partial charge in [0, 0.05) is 12.1 Å². The van der Waals surface area contributed by atoms with Crippen LogP contribution in [0.1, 0.15) is 21.8 Å². The number of amides is 1. The molecule has 25 heavy (non-hydrogen) atoms. The molecule has 0 radical (unpaired) electrons. The standard InChI is InChI=1S/C18H18N4O3/c1-12-4-2-5-13(8-12)17-15-11-25-14(10-22(15)21-20-17)9-19-18(23)16-6-3-7-24-16/h2-8,14H,9-11H2,1H3,(H,19,23). The van der Waals surface area contributed by atoms with Crippen LogP contribution in [0.25, 0.3) is 11.3 Å². The predicted octanol–water partition coefficient (Wildman–Crippen LogP) is 2.18. The average molecular weight is 338 g/mol. The zero-order chi connectivity index (χ0) is 17.2. The first kappa shape index (κ1) is 15.6. The van der Waals surface area contributed by atoms with Gasteiger partial charge in [-0.25, -0.2) is 4.68 Å². The van der Waals surface area contributed by atoms with Gasteiger partial charge in [-0.3, -0.25) is 4.79 Å². The lowest BCUT2D eigenvalue weighted by molar-refractivity contribution is 0.00162. The van der Waals surface area contributed by atoms with E-state index in [4.69, 9.17) is 9.15 Å². The van der Waals surface area contributed by atoms with Crippen LogP contribution in [0.2, 0.25) is 0 Å². The first-order valence-corrected chi connectivity index (χ1v) is 8.13. The van der Waals surface area contributed by atoms with E-state index in [1.807, 2.05) is 29.8 Å². The second kappa shape index (κ2) is 6.52. The Kier molecular flexibility index (Phi) is 4.07. The van der Waals surface area contributed by atoms with Crippen molar-refractivity contribution in [2.24, 2.45) is 0 Å². The van der Waals surface area contributed by atoms with Gasteiger partial charge in [0.15, 0.2) is 5.76 Å². The fraction of sp³-hybridized carbons (Fsp3) is 0.278. The van der Waals surface area contributed by atoms with Gasteiger partial charge in [0.1, 0.15) is 5.69 Å². The number of nitrogens with one attached hydrogen (secondary N) is 1. The van der Waals surface area contributed by atoms with Crippen LogP contribution in [0.5, 0.6) is 0 Å². The zero-order valence-corrected chi connectivity index (χ0v) is 13.8. The summed E-state index contributed by atoms with van der Waals surface area (Å²) in [4.78, 5) is 11.9. The van der Waals surface area contributed by atoms with Crippen LogP contribution in [0.4, 0.5) is 0 Å². The second-order valence-electron chi connectivity index (χ2n) is 6.06. The van der Waals surface area contributed by atoms with Crippen molar-refractivity contribution in [3.8, 4) is 11.3 Å². The van der Waals surface area contributed by atoms with Crippen molar-refractivity contribution in [3.63, 3.8) is 0 Å². The average Bonchev–Trinajstić information content (AvgIpc) is 3.29. The molecule has 2 aromatic heterocycles. The first-order valence-electron chi connectivity index (χ1n) is 8.13. The van der Waals surface area contributed by atoms with Crippen LogP contribution >= 0.6 is 0 Å². The Bertz CT molecular complexity index is 886. The zero-order valence-electron chi connectivity index (χ0n) is 13.8. The van der Waals surface area contributed by atoms with Crippen LogP contribution in [-0.2, 0) is 17.9 Å². The second-order valence-corrected chi connectivity index (χ2v) is 6.06. The molecular formula is C18H18N4O3. The third-order valence-corrected chi connectivity index (χ3v) is 4.20. The van der Waals surface area contributed by atoms with Gasteiger partial charge in [0.05, 0.1) is 31.2 Å². The van der Waals surface area contributed by atoms with E-state index >= 15 is 0 Å². The SMILES string of the molecule is Cc1cccc(-c2nnn3c2COC(CNC(=O)c2ccco2)C3)c1. The number of rotatable bonds is 4. The highest BCUT2D eigenvalue weighted by Crippen LogP contribution is 2.25. The van der Waals surface area contributed by atoms with E-state index in [2.05, 4.69) is 21.7 Å². The summed E-state index contributed by atoms with van der Waals surface area (Å²) in [5, 5.41) is 11.4. The summed E-state index contributed by atoms with van der Waals surface area (Å²) in [6.07, 6.45) is 1.32. The molecule has 0 saturated carbocycles. The minimum Gasteiger partial charge on any atom is -0.459 e. The highest BCUT2D eigenvalue weighted by Gasteiger charge is 2.25. The third kappa shape index (κ3) is 3.18. The van der Waals surface area contributed by atoms with Gasteiger partial charge in [0.25, 0.3) is 5.91 Å². The summed E-state index contributed by atoms with van der Waals surface area (Å²) in [6, 6.07) is 11.5. The summed E-state index contributed by atoms with van der Waals surface area (Å²) in [7, 11) is 0. The van der Waals surface area contributed by atoms with Gasteiger partial charge in [-0.2, -0.15) is 0 Å². The van der Waals surface area contributed by atoms with E-state index in [0.29, 0.717) is 25.5 Å². The number of carbonyl (C=O) groups excluding carboxylic acids is 1. The van der Waals surface area contributed by atoms with Crippen molar-refractivity contribution in [2.45, 2.75) is 26.2 Å². The topological polar surface area (TPSA) is 82.2 Å². The number of ether oxygens (including phenoxy) is 1. The number of aryl methyl sites for hydroxylation is 1. The van der Waals surface area contributed by atoms with Gasteiger partial charge in [-0.05, 0) is 25.1 Å². The van der Waals surface area contributed by atoms with Gasteiger partial charge >= 0.3 is 0 Å². The van der Waals surface area contributed by atoms with Gasteiger partial charge in [0.2, 0.25) is 0 Å². The quantitative estimate of drug-likeness (QED) is 0.788. The molecule has 0 aliphatic carbocycles. The Morgan fingerprint density at radius 2 is 2.28 bits per heavy atom. The molecule has 1 atom stereocenters. The Morgan fingerprint density at radius 3 is 3.08 bits per heavy atom. The number of furan rings is 1. The molecule has 0 fully saturated rings. The molecule has 7 nitrogen and oxygen atoms in total. The number of hydrogen-bond acceptors (Lipinski definition) is 5. The molecule has 4 rings (SSSR count). The number of aromatic nitrogens is 3. The van der Waals surface area contributed by atoms with Gasteiger partial charge in [-0.1, -0.05) is 29.0 Å². The summed E-state index contributed by atoms with van der Waals surface area (Å²) in [5.74, 6) is 0.0393. The fourth-order valence-electron chi connectivity index (χ4n) is 2.91. The summed E-state index contributed by atoms with van der Waals surface area (Å²) in [6.45, 7) is 3.40. The van der Waals surface area contributed by atoms with Crippen LogP contribution in [-0.4, -0.2) is 33.5 Å². The molecule has 1 aromatic carbocycles. The highest BCUT2D eigenvalue weighted by atomic mass is 16.5. The van der Waals surface area contributed by atoms with Crippen molar-refractivity contribution < 1.29 is 13.9 Å². The lowest BCUT2D eigenvalue weighted by atomic mass is 10.1. The predicted molar refractivity (Wildman–Crippen MR) is 89.8 cm³/mol. The fourth-order valence-corrected chi connectivity index (χ4v) is 2.91. The Labute approximate surface area is 144 Å². The molecular weight excluding hydrogens is 320 g/mol. The van der Waals surface area contributed by atoms with Crippen LogP contribution < -0.4 is 5.32 Å². The molecule has 3 heterocycles. The lowest BCUT2D eigenvalue weighted by Crippen LogP contribution is -2.39. The number of carbonyl (C=O) groups is 1. The minimum atomic E-state index is -0.251. The van der Waals surface area contributed by atoms with Gasteiger partial charge < -0.3 is 14.5 Å². The van der Waals surface area contributed by atoms with Crippen molar-refractivity contribution in [3.05, 3.63) is 59.7 Å². The van der Waals surface area contributed by atoms with E-state index in [9.17, 15) is 4.79 Å². The van der Waals surface area contributed by atoms with E-state index in [1.165, 1.54) is 11.8 Å². The van der Waals surface area contributed by atoms with E-state index in [1.54, 1.807) is 12.1 Å². The van der Waals surface area contributed by atoms with E-state index < -0.39 is 0 Å². The van der Waals surface area contributed by atoms with E-state index in [0.717, 1.165) is 17.0 Å². The third-order valence-electron chi connectivity index (χ3n) is 4.20. The maximum atomic E-state index is 11.9. The smallest absolute Gasteiger partial charge is 0.287 e. The van der Waals surface area contributed by atoms with Crippen LogP contribution in [0, 0.1) is 6.92 Å². The maximum absolute atomic E-state index is 11.9. The first-order chi connectivity index (χ1) is 12.2. The molecule has 128 valence electrons. The molecule has 1 aliphatic heterocycles. The molecule has 0 bridgehead atoms. The normalized spacial score (nSPS) is 16.4. The van der Waals surface area contributed by atoms with Crippen molar-refractivity contribution in [1.29, 1.82) is 0 Å². The van der Waals surface area contributed by atoms with Crippen molar-refractivity contribution >= 4 is 5.91 Å². The molecule has 1 unspecified atom stereocenters. The number of benzene rings is 1. The van der Waals surface area contributed by atoms with Crippen LogP contribution in [0.15, 0.2) is 47.1 Å². The number of fused-ring (bicyclic) bond motifs is 1. The largest absolute Gasteiger partial charge is 0.459 e. The lowest BCUT2D eigenvalue weighted by Gasteiger charge is -2.24. The maximum Gasteiger partial charge on any atom is 0.287 e. The highest BCUT2D eigenvalue weighted by molar-refractivity contribution is 5.91. The molecule has 1 N–H and O–H groups in total. The van der Waals surface area contributed by atoms with E-state index in [-0.39, 0.29) is 12.0 Å². The Morgan fingerprint density at radius 1 is 1.36 bits per heavy atom. The number of hydrogen-bond donors (Lipinski definition) is 1.